The molecule has 0 radical (unpaired) electrons. The van der Waals surface area contributed by atoms with E-state index in [-0.39, 0.29) is 11.6 Å². The fourth-order valence-corrected chi connectivity index (χ4v) is 4.37. The van der Waals surface area contributed by atoms with Crippen molar-refractivity contribution in [3.05, 3.63) is 99.6 Å². The molecule has 0 atom stereocenters. The number of carbonyl (C=O) groups excluding carboxylic acids is 1. The fraction of sp³-hybridized carbons (Fsp3) is 0.250. The summed E-state index contributed by atoms with van der Waals surface area (Å²) in [6, 6.07) is 16.6. The Morgan fingerprint density at radius 2 is 1.79 bits per heavy atom. The van der Waals surface area contributed by atoms with E-state index in [1.165, 1.54) is 17.7 Å². The first kappa shape index (κ1) is 21.4. The molecule has 2 aliphatic rings. The van der Waals surface area contributed by atoms with Crippen molar-refractivity contribution >= 4 is 11.9 Å². The number of benzene rings is 3. The van der Waals surface area contributed by atoms with Gasteiger partial charge in [0, 0.05) is 24.2 Å². The summed E-state index contributed by atoms with van der Waals surface area (Å²) in [5.41, 5.74) is 5.57. The van der Waals surface area contributed by atoms with Gasteiger partial charge in [0.1, 0.15) is 24.0 Å². The van der Waals surface area contributed by atoms with Crippen LogP contribution in [-0.2, 0) is 13.1 Å². The van der Waals surface area contributed by atoms with Gasteiger partial charge in [-0.05, 0) is 53.8 Å². The number of nitrogens with zero attached hydrogens (tertiary/aromatic N) is 1. The van der Waals surface area contributed by atoms with Gasteiger partial charge in [-0.25, -0.2) is 4.39 Å². The lowest BCUT2D eigenvalue weighted by Gasteiger charge is -2.30. The van der Waals surface area contributed by atoms with Crippen LogP contribution in [0.2, 0.25) is 0 Å². The average Bonchev–Trinajstić information content (AvgIpc) is 3.11. The third-order valence-electron chi connectivity index (χ3n) is 6.22. The zero-order valence-electron chi connectivity index (χ0n) is 19.0. The maximum absolute atomic E-state index is 13.2. The summed E-state index contributed by atoms with van der Waals surface area (Å²) in [7, 11) is 0. The molecule has 0 aromatic heterocycles. The summed E-state index contributed by atoms with van der Waals surface area (Å²) >= 11 is 0. The molecule has 0 saturated heterocycles. The van der Waals surface area contributed by atoms with Gasteiger partial charge in [-0.3, -0.25) is 9.69 Å². The molecule has 2 aliphatic heterocycles. The number of fused-ring (bicyclic) bond motifs is 2. The van der Waals surface area contributed by atoms with Crippen LogP contribution in [0.4, 0.5) is 4.39 Å². The predicted molar refractivity (Wildman–Crippen MR) is 126 cm³/mol. The van der Waals surface area contributed by atoms with Crippen LogP contribution in [0.15, 0.2) is 60.4 Å². The molecule has 5 rings (SSSR count). The Labute approximate surface area is 193 Å². The van der Waals surface area contributed by atoms with E-state index in [2.05, 4.69) is 30.9 Å². The van der Waals surface area contributed by atoms with Crippen LogP contribution in [-0.4, -0.2) is 17.4 Å². The summed E-state index contributed by atoms with van der Waals surface area (Å²) in [6.45, 7) is 7.94. The minimum Gasteiger partial charge on any atom is -0.477 e. The standard InChI is InChI=1S/C28H26FNO3/c1-17(2)21-8-4-19(5-9-21)12-25-26(31)24-13-22-15-30(14-20-6-10-23(29)11-7-20)16-32-27(22)18(3)28(24)33-25/h4-13,17H,14-16H2,1-3H3/b25-12-. The molecule has 5 heteroatoms. The van der Waals surface area contributed by atoms with E-state index in [0.29, 0.717) is 42.8 Å². The number of halogens is 1. The van der Waals surface area contributed by atoms with Crippen molar-refractivity contribution in [2.45, 2.75) is 39.8 Å². The van der Waals surface area contributed by atoms with Crippen LogP contribution >= 0.6 is 0 Å². The van der Waals surface area contributed by atoms with Crippen LogP contribution in [0.3, 0.4) is 0 Å². The van der Waals surface area contributed by atoms with Gasteiger partial charge in [0.05, 0.1) is 5.56 Å². The van der Waals surface area contributed by atoms with E-state index < -0.39 is 0 Å². The molecule has 0 saturated carbocycles. The van der Waals surface area contributed by atoms with Gasteiger partial charge in [0.2, 0.25) is 5.78 Å². The second-order valence-corrected chi connectivity index (χ2v) is 9.01. The third kappa shape index (κ3) is 4.16. The molecule has 3 aromatic rings. The van der Waals surface area contributed by atoms with E-state index in [9.17, 15) is 9.18 Å². The number of rotatable bonds is 4. The lowest BCUT2D eigenvalue weighted by Crippen LogP contribution is -2.32. The van der Waals surface area contributed by atoms with E-state index in [1.54, 1.807) is 18.2 Å². The first-order valence-corrected chi connectivity index (χ1v) is 11.2. The Bertz CT molecular complexity index is 1240. The van der Waals surface area contributed by atoms with Crippen molar-refractivity contribution in [2.75, 3.05) is 6.73 Å². The SMILES string of the molecule is Cc1c2c(cc3c1O/C(=C\c1ccc(C(C)C)cc1)C3=O)CN(Cc1ccc(F)cc1)CO2. The maximum atomic E-state index is 13.2. The number of allylic oxidation sites excluding steroid dienone is 1. The molecule has 0 aliphatic carbocycles. The minimum atomic E-state index is -0.247. The van der Waals surface area contributed by atoms with E-state index in [0.717, 1.165) is 28.0 Å². The maximum Gasteiger partial charge on any atom is 0.231 e. The highest BCUT2D eigenvalue weighted by molar-refractivity contribution is 6.15. The first-order valence-electron chi connectivity index (χ1n) is 11.2. The number of Topliss-reactive ketones (excluding diaryl/α,β-unsaturated/α-hetero) is 1. The molecule has 0 N–H and O–H groups in total. The van der Waals surface area contributed by atoms with Crippen LogP contribution in [0.5, 0.6) is 11.5 Å². The number of ketones is 1. The Morgan fingerprint density at radius 3 is 2.48 bits per heavy atom. The van der Waals surface area contributed by atoms with E-state index in [1.807, 2.05) is 25.1 Å². The van der Waals surface area contributed by atoms with Gasteiger partial charge in [-0.2, -0.15) is 0 Å². The van der Waals surface area contributed by atoms with Crippen LogP contribution in [0.25, 0.3) is 6.08 Å². The Morgan fingerprint density at radius 1 is 1.06 bits per heavy atom. The van der Waals surface area contributed by atoms with Gasteiger partial charge < -0.3 is 9.47 Å². The molecular formula is C28H26FNO3. The fourth-order valence-electron chi connectivity index (χ4n) is 4.37. The van der Waals surface area contributed by atoms with Gasteiger partial charge in [-0.1, -0.05) is 50.2 Å². The van der Waals surface area contributed by atoms with Crippen molar-refractivity contribution < 1.29 is 18.7 Å². The molecule has 0 spiro atoms. The largest absolute Gasteiger partial charge is 0.477 e. The summed E-state index contributed by atoms with van der Waals surface area (Å²) < 4.78 is 25.3. The molecular weight excluding hydrogens is 417 g/mol. The molecule has 0 fully saturated rings. The minimum absolute atomic E-state index is 0.112. The zero-order chi connectivity index (χ0) is 23.1. The predicted octanol–water partition coefficient (Wildman–Crippen LogP) is 6.23. The Hall–Kier alpha value is -3.44. The van der Waals surface area contributed by atoms with E-state index in [4.69, 9.17) is 9.47 Å². The molecule has 2 heterocycles. The summed E-state index contributed by atoms with van der Waals surface area (Å²) in [4.78, 5) is 15.3. The van der Waals surface area contributed by atoms with Crippen LogP contribution < -0.4 is 9.47 Å². The van der Waals surface area contributed by atoms with Crippen molar-refractivity contribution in [1.29, 1.82) is 0 Å². The lowest BCUT2D eigenvalue weighted by atomic mass is 9.99. The third-order valence-corrected chi connectivity index (χ3v) is 6.22. The molecule has 0 bridgehead atoms. The Balaban J connectivity index is 1.39. The van der Waals surface area contributed by atoms with Crippen molar-refractivity contribution in [3.63, 3.8) is 0 Å². The van der Waals surface area contributed by atoms with Gasteiger partial charge in [-0.15, -0.1) is 0 Å². The molecule has 168 valence electrons. The van der Waals surface area contributed by atoms with Crippen molar-refractivity contribution in [1.82, 2.24) is 4.90 Å². The highest BCUT2D eigenvalue weighted by Crippen LogP contribution is 2.43. The van der Waals surface area contributed by atoms with Crippen molar-refractivity contribution in [3.8, 4) is 11.5 Å². The smallest absolute Gasteiger partial charge is 0.231 e. The van der Waals surface area contributed by atoms with Gasteiger partial charge >= 0.3 is 0 Å². The summed E-state index contributed by atoms with van der Waals surface area (Å²) in [5, 5.41) is 0. The molecule has 4 nitrogen and oxygen atoms in total. The number of hydrogen-bond donors (Lipinski definition) is 0. The molecule has 3 aromatic carbocycles. The molecule has 33 heavy (non-hydrogen) atoms. The Kier molecular flexibility index (Phi) is 5.51. The number of ether oxygens (including phenoxy) is 2. The normalized spacial score (nSPS) is 16.5. The lowest BCUT2D eigenvalue weighted by molar-refractivity contribution is 0.0876. The second-order valence-electron chi connectivity index (χ2n) is 9.01. The number of hydrogen-bond acceptors (Lipinski definition) is 4. The van der Waals surface area contributed by atoms with Crippen LogP contribution in [0.1, 0.15) is 57.9 Å². The first-order chi connectivity index (χ1) is 15.9. The average molecular weight is 444 g/mol. The highest BCUT2D eigenvalue weighted by Gasteiger charge is 2.33. The summed E-state index contributed by atoms with van der Waals surface area (Å²) in [5.74, 6) is 1.78. The number of carbonyl (C=O) groups is 1. The molecule has 0 unspecified atom stereocenters. The monoisotopic (exact) mass is 443 g/mol. The molecule has 0 amide bonds. The van der Waals surface area contributed by atoms with E-state index >= 15 is 0 Å². The van der Waals surface area contributed by atoms with Crippen LogP contribution in [0, 0.1) is 12.7 Å². The highest BCUT2D eigenvalue weighted by atomic mass is 19.1. The van der Waals surface area contributed by atoms with Crippen molar-refractivity contribution in [2.24, 2.45) is 0 Å². The second kappa shape index (κ2) is 8.49. The quantitative estimate of drug-likeness (QED) is 0.449. The van der Waals surface area contributed by atoms with Gasteiger partial charge in [0.25, 0.3) is 0 Å². The van der Waals surface area contributed by atoms with Gasteiger partial charge in [0.15, 0.2) is 5.76 Å². The topological polar surface area (TPSA) is 38.8 Å². The zero-order valence-corrected chi connectivity index (χ0v) is 19.0. The summed E-state index contributed by atoms with van der Waals surface area (Å²) in [6.07, 6.45) is 1.80.